The molecule has 0 amide bonds. The van der Waals surface area contributed by atoms with E-state index in [1.165, 1.54) is 52.8 Å². The number of benzene rings is 7. The van der Waals surface area contributed by atoms with Gasteiger partial charge >= 0.3 is 0 Å². The van der Waals surface area contributed by atoms with Crippen LogP contribution in [0.3, 0.4) is 0 Å². The maximum Gasteiger partial charge on any atom is 0.235 e. The molecule has 0 aliphatic rings. The van der Waals surface area contributed by atoms with E-state index < -0.39 is 0 Å². The summed E-state index contributed by atoms with van der Waals surface area (Å²) in [4.78, 5) is 10.8. The Morgan fingerprint density at radius 3 is 1.88 bits per heavy atom. The molecule has 0 saturated carbocycles. The normalized spacial score (nSPS) is 11.9. The summed E-state index contributed by atoms with van der Waals surface area (Å²) in [6.45, 7) is 0. The van der Waals surface area contributed by atoms with Crippen molar-refractivity contribution in [3.8, 4) is 34.2 Å². The monoisotopic (exact) mass is 668 g/mol. The van der Waals surface area contributed by atoms with Gasteiger partial charge in [-0.2, -0.15) is 0 Å². The molecule has 0 aliphatic carbocycles. The SMILES string of the molecule is c1ccc(-c2cc(-c3cccc4sc5ccccc5c34)nc(-n3c4ccccc4c4c3ccc3c5ccccc5n(-c5ccccc5)c34)n2)cc1. The molecule has 5 heteroatoms. The lowest BCUT2D eigenvalue weighted by Gasteiger charge is -2.13. The molecule has 11 aromatic rings. The highest BCUT2D eigenvalue weighted by Crippen LogP contribution is 2.43. The first-order valence-electron chi connectivity index (χ1n) is 17.2. The summed E-state index contributed by atoms with van der Waals surface area (Å²) in [5.74, 6) is 0.649. The highest BCUT2D eigenvalue weighted by molar-refractivity contribution is 7.25. The molecule has 4 nitrogen and oxygen atoms in total. The summed E-state index contributed by atoms with van der Waals surface area (Å²) in [6.07, 6.45) is 0. The summed E-state index contributed by atoms with van der Waals surface area (Å²) in [6, 6.07) is 60.5. The number of rotatable bonds is 4. The summed E-state index contributed by atoms with van der Waals surface area (Å²) >= 11 is 1.83. The third kappa shape index (κ3) is 4.19. The van der Waals surface area contributed by atoms with E-state index in [0.717, 1.165) is 39.2 Å². The quantitative estimate of drug-likeness (QED) is 0.187. The van der Waals surface area contributed by atoms with Crippen LogP contribution in [0.2, 0.25) is 0 Å². The van der Waals surface area contributed by atoms with E-state index in [1.54, 1.807) is 0 Å². The molecule has 7 aromatic carbocycles. The third-order valence-electron chi connectivity index (χ3n) is 10.1. The molecule has 0 radical (unpaired) electrons. The van der Waals surface area contributed by atoms with Crippen LogP contribution in [0, 0.1) is 0 Å². The summed E-state index contributed by atoms with van der Waals surface area (Å²) in [5.41, 5.74) is 9.59. The Labute approximate surface area is 297 Å². The Morgan fingerprint density at radius 1 is 0.412 bits per heavy atom. The van der Waals surface area contributed by atoms with Crippen molar-refractivity contribution in [1.82, 2.24) is 19.1 Å². The van der Waals surface area contributed by atoms with Crippen LogP contribution in [-0.4, -0.2) is 19.1 Å². The molecule has 238 valence electrons. The first-order chi connectivity index (χ1) is 25.3. The predicted octanol–water partition coefficient (Wildman–Crippen LogP) is 12.4. The number of hydrogen-bond donors (Lipinski definition) is 0. The van der Waals surface area contributed by atoms with Crippen LogP contribution in [-0.2, 0) is 0 Å². The second-order valence-electron chi connectivity index (χ2n) is 13.0. The Hall–Kier alpha value is -6.56. The zero-order valence-electron chi connectivity index (χ0n) is 27.4. The maximum absolute atomic E-state index is 5.46. The van der Waals surface area contributed by atoms with E-state index >= 15 is 0 Å². The van der Waals surface area contributed by atoms with Crippen molar-refractivity contribution in [2.75, 3.05) is 0 Å². The summed E-state index contributed by atoms with van der Waals surface area (Å²) in [7, 11) is 0. The minimum absolute atomic E-state index is 0.649. The van der Waals surface area contributed by atoms with Gasteiger partial charge in [0.05, 0.1) is 33.5 Å². The molecule has 0 atom stereocenters. The molecule has 0 N–H and O–H groups in total. The Kier molecular flexibility index (Phi) is 6.09. The molecule has 11 rings (SSSR count). The van der Waals surface area contributed by atoms with E-state index in [9.17, 15) is 0 Å². The highest BCUT2D eigenvalue weighted by Gasteiger charge is 2.23. The number of nitrogens with zero attached hydrogens (tertiary/aromatic N) is 4. The fourth-order valence-electron chi connectivity index (χ4n) is 7.99. The van der Waals surface area contributed by atoms with Crippen LogP contribution in [0.4, 0.5) is 0 Å². The number of thiophene rings is 1. The first-order valence-corrected chi connectivity index (χ1v) is 18.0. The number of fused-ring (bicyclic) bond motifs is 10. The molecule has 0 spiro atoms. The third-order valence-corrected chi connectivity index (χ3v) is 11.3. The largest absolute Gasteiger partial charge is 0.309 e. The van der Waals surface area contributed by atoms with Crippen molar-refractivity contribution in [2.24, 2.45) is 0 Å². The summed E-state index contributed by atoms with van der Waals surface area (Å²) < 4.78 is 7.21. The van der Waals surface area contributed by atoms with Gasteiger partial charge in [0.15, 0.2) is 0 Å². The average molecular weight is 669 g/mol. The van der Waals surface area contributed by atoms with Crippen molar-refractivity contribution >= 4 is 75.1 Å². The highest BCUT2D eigenvalue weighted by atomic mass is 32.1. The lowest BCUT2D eigenvalue weighted by Crippen LogP contribution is -2.04. The topological polar surface area (TPSA) is 35.6 Å². The Balaban J connectivity index is 1.27. The molecule has 0 fully saturated rings. The van der Waals surface area contributed by atoms with Gasteiger partial charge in [0.25, 0.3) is 0 Å². The van der Waals surface area contributed by atoms with Crippen molar-refractivity contribution in [3.63, 3.8) is 0 Å². The molecule has 0 saturated heterocycles. The van der Waals surface area contributed by atoms with Crippen molar-refractivity contribution in [2.45, 2.75) is 0 Å². The molecule has 4 heterocycles. The van der Waals surface area contributed by atoms with E-state index in [-0.39, 0.29) is 0 Å². The van der Waals surface area contributed by atoms with Gasteiger partial charge in [-0.05, 0) is 48.5 Å². The standard InChI is InChI=1S/C46H28N4S/c1-3-14-29(15-4-1)36-28-37(33-21-13-25-42-43(33)35-20-9-12-24-41(35)51-42)48-46(47-36)50-39-23-11-8-19-34(39)44-40(50)27-26-32-31-18-7-10-22-38(31)49(45(32)44)30-16-5-2-6-17-30/h1-28H. The zero-order valence-corrected chi connectivity index (χ0v) is 28.2. The van der Waals surface area contributed by atoms with Gasteiger partial charge < -0.3 is 4.57 Å². The van der Waals surface area contributed by atoms with Crippen molar-refractivity contribution in [3.05, 3.63) is 170 Å². The molecule has 0 unspecified atom stereocenters. The predicted molar refractivity (Wildman–Crippen MR) is 214 cm³/mol. The molecular formula is C46H28N4S. The van der Waals surface area contributed by atoms with Gasteiger partial charge in [0, 0.05) is 58.5 Å². The lowest BCUT2D eigenvalue weighted by atomic mass is 10.0. The fraction of sp³-hybridized carbons (Fsp3) is 0. The van der Waals surface area contributed by atoms with Gasteiger partial charge in [0.1, 0.15) is 0 Å². The molecule has 51 heavy (non-hydrogen) atoms. The van der Waals surface area contributed by atoms with Crippen LogP contribution in [0.15, 0.2) is 170 Å². The van der Waals surface area contributed by atoms with Crippen LogP contribution < -0.4 is 0 Å². The average Bonchev–Trinajstić information content (AvgIpc) is 3.86. The number of hydrogen-bond acceptors (Lipinski definition) is 3. The summed E-state index contributed by atoms with van der Waals surface area (Å²) in [5, 5.41) is 7.29. The fourth-order valence-corrected chi connectivity index (χ4v) is 9.12. The number of aromatic nitrogens is 4. The lowest BCUT2D eigenvalue weighted by molar-refractivity contribution is 0.996. The van der Waals surface area contributed by atoms with E-state index in [1.807, 2.05) is 11.3 Å². The van der Waals surface area contributed by atoms with Gasteiger partial charge in [-0.25, -0.2) is 9.97 Å². The smallest absolute Gasteiger partial charge is 0.235 e. The van der Waals surface area contributed by atoms with Gasteiger partial charge in [0.2, 0.25) is 5.95 Å². The Morgan fingerprint density at radius 2 is 1.06 bits per heavy atom. The molecule has 0 aliphatic heterocycles. The van der Waals surface area contributed by atoms with E-state index in [0.29, 0.717) is 5.95 Å². The van der Waals surface area contributed by atoms with Crippen LogP contribution >= 0.6 is 11.3 Å². The second-order valence-corrected chi connectivity index (χ2v) is 14.1. The minimum atomic E-state index is 0.649. The van der Waals surface area contributed by atoms with Crippen molar-refractivity contribution in [1.29, 1.82) is 0 Å². The molecule has 0 bridgehead atoms. The second kappa shape index (κ2) is 11.0. The molecule has 4 aromatic heterocycles. The van der Waals surface area contributed by atoms with Gasteiger partial charge in [-0.15, -0.1) is 11.3 Å². The maximum atomic E-state index is 5.46. The number of para-hydroxylation sites is 3. The Bertz CT molecular complexity index is 3130. The van der Waals surface area contributed by atoms with Crippen LogP contribution in [0.5, 0.6) is 0 Å². The molecular weight excluding hydrogens is 641 g/mol. The van der Waals surface area contributed by atoms with E-state index in [4.69, 9.17) is 9.97 Å². The van der Waals surface area contributed by atoms with Gasteiger partial charge in [-0.1, -0.05) is 121 Å². The van der Waals surface area contributed by atoms with E-state index in [2.05, 4.69) is 179 Å². The van der Waals surface area contributed by atoms with Gasteiger partial charge in [-0.3, -0.25) is 4.57 Å². The van der Waals surface area contributed by atoms with Crippen LogP contribution in [0.1, 0.15) is 0 Å². The zero-order chi connectivity index (χ0) is 33.5. The van der Waals surface area contributed by atoms with Crippen molar-refractivity contribution < 1.29 is 0 Å². The van der Waals surface area contributed by atoms with Crippen LogP contribution in [0.25, 0.3) is 97.9 Å². The first kappa shape index (κ1) is 28.3. The minimum Gasteiger partial charge on any atom is -0.309 e.